The first-order valence-corrected chi connectivity index (χ1v) is 6.73. The highest BCUT2D eigenvalue weighted by Crippen LogP contribution is 2.28. The van der Waals surface area contributed by atoms with Crippen LogP contribution < -0.4 is 11.1 Å². The van der Waals surface area contributed by atoms with Crippen molar-refractivity contribution in [3.63, 3.8) is 0 Å². The number of amidine groups is 1. The summed E-state index contributed by atoms with van der Waals surface area (Å²) in [7, 11) is 0. The first-order chi connectivity index (χ1) is 9.54. The molecule has 1 aromatic carbocycles. The fourth-order valence-corrected chi connectivity index (χ4v) is 2.63. The molecule has 5 nitrogen and oxygen atoms in total. The molecule has 0 aliphatic heterocycles. The lowest BCUT2D eigenvalue weighted by atomic mass is 10.0. The van der Waals surface area contributed by atoms with Gasteiger partial charge in [-0.1, -0.05) is 24.1 Å². The number of benzene rings is 1. The first kappa shape index (κ1) is 14.7. The summed E-state index contributed by atoms with van der Waals surface area (Å²) in [5, 5.41) is 25.0. The van der Waals surface area contributed by atoms with E-state index in [2.05, 4.69) is 10.5 Å². The van der Waals surface area contributed by atoms with Crippen LogP contribution in [-0.4, -0.2) is 28.3 Å². The lowest BCUT2D eigenvalue weighted by molar-refractivity contribution is 0.0475. The fraction of sp³-hybridized carbons (Fsp3) is 0.500. The fourth-order valence-electron chi connectivity index (χ4n) is 2.63. The minimum absolute atomic E-state index is 0.124. The molecule has 0 saturated heterocycles. The van der Waals surface area contributed by atoms with Crippen LogP contribution in [0.4, 0.5) is 4.39 Å². The van der Waals surface area contributed by atoms with Gasteiger partial charge in [-0.05, 0) is 30.5 Å². The number of hydrogen-bond acceptors (Lipinski definition) is 4. The Morgan fingerprint density at radius 1 is 1.40 bits per heavy atom. The summed E-state index contributed by atoms with van der Waals surface area (Å²) in [6.45, 7) is 0.911. The molecule has 0 atom stereocenters. The maximum absolute atomic E-state index is 13.2. The molecular weight excluding hydrogens is 261 g/mol. The molecule has 1 aliphatic rings. The van der Waals surface area contributed by atoms with Gasteiger partial charge in [-0.15, -0.1) is 0 Å². The Balaban J connectivity index is 2.02. The van der Waals surface area contributed by atoms with Crippen LogP contribution in [0.15, 0.2) is 23.4 Å². The third-order valence-corrected chi connectivity index (χ3v) is 3.76. The van der Waals surface area contributed by atoms with E-state index in [-0.39, 0.29) is 5.84 Å². The van der Waals surface area contributed by atoms with Gasteiger partial charge in [0.05, 0.1) is 5.60 Å². The highest BCUT2D eigenvalue weighted by molar-refractivity contribution is 5.98. The van der Waals surface area contributed by atoms with Gasteiger partial charge in [0.1, 0.15) is 5.82 Å². The van der Waals surface area contributed by atoms with Gasteiger partial charge in [-0.3, -0.25) is 0 Å². The molecule has 0 spiro atoms. The summed E-state index contributed by atoms with van der Waals surface area (Å²) < 4.78 is 13.2. The molecule has 1 aliphatic carbocycles. The summed E-state index contributed by atoms with van der Waals surface area (Å²) in [6, 6.07) is 4.15. The van der Waals surface area contributed by atoms with E-state index in [4.69, 9.17) is 10.9 Å². The zero-order valence-electron chi connectivity index (χ0n) is 11.3. The van der Waals surface area contributed by atoms with E-state index < -0.39 is 11.4 Å². The Morgan fingerprint density at radius 3 is 2.75 bits per heavy atom. The van der Waals surface area contributed by atoms with E-state index in [9.17, 15) is 9.50 Å². The van der Waals surface area contributed by atoms with E-state index in [1.807, 2.05) is 0 Å². The molecule has 6 heteroatoms. The highest BCUT2D eigenvalue weighted by Gasteiger charge is 2.30. The van der Waals surface area contributed by atoms with Gasteiger partial charge in [0.2, 0.25) is 0 Å². The Kier molecular flexibility index (Phi) is 4.57. The standard InChI is InChI=1S/C14H20FN3O2/c15-11-4-3-10(12(7-11)13(16)18-20)8-17-9-14(19)5-1-2-6-14/h3-4,7,17,19-20H,1-2,5-6,8-9H2,(H2,16,18). The maximum atomic E-state index is 13.2. The van der Waals surface area contributed by atoms with E-state index in [0.717, 1.165) is 31.2 Å². The van der Waals surface area contributed by atoms with Gasteiger partial charge < -0.3 is 21.4 Å². The molecule has 0 radical (unpaired) electrons. The number of aliphatic hydroxyl groups is 1. The Bertz CT molecular complexity index is 499. The van der Waals surface area contributed by atoms with Crippen molar-refractivity contribution >= 4 is 5.84 Å². The Hall–Kier alpha value is -1.66. The van der Waals surface area contributed by atoms with Gasteiger partial charge in [-0.25, -0.2) is 4.39 Å². The minimum Gasteiger partial charge on any atom is -0.409 e. The minimum atomic E-state index is -0.642. The summed E-state index contributed by atoms with van der Waals surface area (Å²) in [5.41, 5.74) is 5.98. The van der Waals surface area contributed by atoms with Crippen LogP contribution >= 0.6 is 0 Å². The van der Waals surface area contributed by atoms with Crippen LogP contribution in [0, 0.1) is 5.82 Å². The third kappa shape index (κ3) is 3.46. The smallest absolute Gasteiger partial charge is 0.170 e. The summed E-state index contributed by atoms with van der Waals surface area (Å²) in [5.74, 6) is -0.564. The molecule has 1 saturated carbocycles. The van der Waals surface area contributed by atoms with E-state index in [0.29, 0.717) is 18.7 Å². The molecular formula is C14H20FN3O2. The molecule has 1 aromatic rings. The molecule has 0 aromatic heterocycles. The number of nitrogens with one attached hydrogen (secondary N) is 1. The predicted octanol–water partition coefficient (Wildman–Crippen LogP) is 1.31. The topological polar surface area (TPSA) is 90.9 Å². The average Bonchev–Trinajstić information content (AvgIpc) is 2.86. The molecule has 2 rings (SSSR count). The zero-order valence-corrected chi connectivity index (χ0v) is 11.3. The van der Waals surface area contributed by atoms with Crippen molar-refractivity contribution in [2.24, 2.45) is 10.9 Å². The van der Waals surface area contributed by atoms with Crippen molar-refractivity contribution in [2.75, 3.05) is 6.54 Å². The second kappa shape index (κ2) is 6.19. The zero-order chi connectivity index (χ0) is 14.6. The monoisotopic (exact) mass is 281 g/mol. The van der Waals surface area contributed by atoms with Crippen molar-refractivity contribution in [2.45, 2.75) is 37.8 Å². The average molecular weight is 281 g/mol. The van der Waals surface area contributed by atoms with E-state index in [1.165, 1.54) is 12.1 Å². The maximum Gasteiger partial charge on any atom is 0.170 e. The quantitative estimate of drug-likeness (QED) is 0.283. The van der Waals surface area contributed by atoms with E-state index >= 15 is 0 Å². The second-order valence-electron chi connectivity index (χ2n) is 5.32. The molecule has 0 bridgehead atoms. The van der Waals surface area contributed by atoms with Crippen molar-refractivity contribution in [1.29, 1.82) is 0 Å². The largest absolute Gasteiger partial charge is 0.409 e. The van der Waals surface area contributed by atoms with Crippen molar-refractivity contribution < 1.29 is 14.7 Å². The molecule has 110 valence electrons. The van der Waals surface area contributed by atoms with Crippen molar-refractivity contribution in [3.8, 4) is 0 Å². The number of nitrogens with zero attached hydrogens (tertiary/aromatic N) is 1. The van der Waals surface area contributed by atoms with Crippen molar-refractivity contribution in [3.05, 3.63) is 35.1 Å². The van der Waals surface area contributed by atoms with Gasteiger partial charge in [0.15, 0.2) is 5.84 Å². The van der Waals surface area contributed by atoms with Crippen LogP contribution in [0.1, 0.15) is 36.8 Å². The highest BCUT2D eigenvalue weighted by atomic mass is 19.1. The molecule has 1 fully saturated rings. The first-order valence-electron chi connectivity index (χ1n) is 6.73. The number of nitrogens with two attached hydrogens (primary N) is 1. The lowest BCUT2D eigenvalue weighted by Gasteiger charge is -2.22. The van der Waals surface area contributed by atoms with Crippen LogP contribution in [0.25, 0.3) is 0 Å². The molecule has 0 amide bonds. The second-order valence-corrected chi connectivity index (χ2v) is 5.32. The number of oxime groups is 1. The molecule has 20 heavy (non-hydrogen) atoms. The Morgan fingerprint density at radius 2 is 2.10 bits per heavy atom. The summed E-state index contributed by atoms with van der Waals surface area (Å²) in [4.78, 5) is 0. The van der Waals surface area contributed by atoms with Crippen LogP contribution in [0.3, 0.4) is 0 Å². The number of halogens is 1. The van der Waals surface area contributed by atoms with Gasteiger partial charge in [-0.2, -0.15) is 0 Å². The summed E-state index contributed by atoms with van der Waals surface area (Å²) in [6.07, 6.45) is 3.70. The number of rotatable bonds is 5. The predicted molar refractivity (Wildman–Crippen MR) is 74.0 cm³/mol. The van der Waals surface area contributed by atoms with Gasteiger partial charge in [0.25, 0.3) is 0 Å². The summed E-state index contributed by atoms with van der Waals surface area (Å²) >= 11 is 0. The van der Waals surface area contributed by atoms with Gasteiger partial charge >= 0.3 is 0 Å². The molecule has 0 heterocycles. The third-order valence-electron chi connectivity index (χ3n) is 3.76. The van der Waals surface area contributed by atoms with Crippen molar-refractivity contribution in [1.82, 2.24) is 5.32 Å². The van der Waals surface area contributed by atoms with Crippen LogP contribution in [0.5, 0.6) is 0 Å². The normalized spacial score (nSPS) is 18.4. The SMILES string of the molecule is NC(=NO)c1cc(F)ccc1CNCC1(O)CCCC1. The molecule has 5 N–H and O–H groups in total. The molecule has 0 unspecified atom stereocenters. The Labute approximate surface area is 117 Å². The van der Waals surface area contributed by atoms with Gasteiger partial charge in [0, 0.05) is 18.7 Å². The van der Waals surface area contributed by atoms with E-state index in [1.54, 1.807) is 6.07 Å². The van der Waals surface area contributed by atoms with Crippen LogP contribution in [-0.2, 0) is 6.54 Å². The number of hydrogen-bond donors (Lipinski definition) is 4. The lowest BCUT2D eigenvalue weighted by Crippen LogP contribution is -2.37. The van der Waals surface area contributed by atoms with Crippen LogP contribution in [0.2, 0.25) is 0 Å².